The lowest BCUT2D eigenvalue weighted by Crippen LogP contribution is -2.32. The Morgan fingerprint density at radius 1 is 0.818 bits per heavy atom. The van der Waals surface area contributed by atoms with Crippen LogP contribution < -0.4 is 4.90 Å². The van der Waals surface area contributed by atoms with Crippen LogP contribution >= 0.6 is 0 Å². The molecule has 0 unspecified atom stereocenters. The van der Waals surface area contributed by atoms with Crippen LogP contribution in [0.3, 0.4) is 0 Å². The molecule has 3 heteroatoms. The summed E-state index contributed by atoms with van der Waals surface area (Å²) in [4.78, 5) is 27.4. The summed E-state index contributed by atoms with van der Waals surface area (Å²) < 4.78 is 0. The highest BCUT2D eigenvalue weighted by Crippen LogP contribution is 2.56. The molecule has 5 rings (SSSR count). The summed E-state index contributed by atoms with van der Waals surface area (Å²) in [5, 5.41) is 2.06. The minimum atomic E-state index is -0.0507. The summed E-state index contributed by atoms with van der Waals surface area (Å²) in [6, 6.07) is 13.8. The second kappa shape index (κ2) is 4.19. The van der Waals surface area contributed by atoms with Crippen molar-refractivity contribution in [1.82, 2.24) is 0 Å². The third-order valence-corrected chi connectivity index (χ3v) is 5.93. The Bertz CT molecular complexity index is 779. The summed E-state index contributed by atoms with van der Waals surface area (Å²) in [6.07, 6.45) is 3.32. The van der Waals surface area contributed by atoms with E-state index in [1.165, 1.54) is 4.90 Å². The molecule has 4 atom stereocenters. The van der Waals surface area contributed by atoms with E-state index in [0.29, 0.717) is 11.8 Å². The van der Waals surface area contributed by atoms with Gasteiger partial charge in [-0.3, -0.25) is 9.59 Å². The van der Waals surface area contributed by atoms with Crippen molar-refractivity contribution in [1.29, 1.82) is 0 Å². The summed E-state index contributed by atoms with van der Waals surface area (Å²) in [5.74, 6) is 0.852. The molecular weight excluding hydrogens is 274 g/mol. The number of imide groups is 1. The quantitative estimate of drug-likeness (QED) is 0.755. The van der Waals surface area contributed by atoms with Crippen LogP contribution in [0.5, 0.6) is 0 Å². The molecule has 2 saturated carbocycles. The van der Waals surface area contributed by atoms with E-state index < -0.39 is 0 Å². The Kier molecular flexibility index (Phi) is 2.36. The van der Waals surface area contributed by atoms with Gasteiger partial charge in [0.1, 0.15) is 0 Å². The second-order valence-corrected chi connectivity index (χ2v) is 6.89. The standard InChI is InChI=1S/C19H17NO2/c21-18-16-12-8-9-13(10-12)17(16)19(22)20(18)15-7-3-5-11-4-1-2-6-14(11)15/h1-7,12-13,16-17H,8-10H2/t12-,13-,16-,17+/m0/s1. The molecule has 0 radical (unpaired) electrons. The molecule has 1 heterocycles. The number of carbonyl (C=O) groups excluding carboxylic acids is 2. The fourth-order valence-electron chi connectivity index (χ4n) is 5.05. The topological polar surface area (TPSA) is 37.4 Å². The predicted octanol–water partition coefficient (Wildman–Crippen LogP) is 3.38. The summed E-state index contributed by atoms with van der Waals surface area (Å²) in [5.41, 5.74) is 0.766. The van der Waals surface area contributed by atoms with Crippen LogP contribution in [-0.4, -0.2) is 11.8 Å². The fourth-order valence-corrected chi connectivity index (χ4v) is 5.05. The Morgan fingerprint density at radius 2 is 1.45 bits per heavy atom. The average Bonchev–Trinajstić information content (AvgIpc) is 3.21. The molecule has 1 aliphatic heterocycles. The third kappa shape index (κ3) is 1.41. The first-order chi connectivity index (χ1) is 10.8. The van der Waals surface area contributed by atoms with Crippen LogP contribution in [0.15, 0.2) is 42.5 Å². The molecule has 0 spiro atoms. The average molecular weight is 291 g/mol. The number of anilines is 1. The summed E-state index contributed by atoms with van der Waals surface area (Å²) >= 11 is 0. The Balaban J connectivity index is 1.66. The van der Waals surface area contributed by atoms with Gasteiger partial charge in [-0.05, 0) is 42.6 Å². The zero-order valence-electron chi connectivity index (χ0n) is 12.2. The number of rotatable bonds is 1. The van der Waals surface area contributed by atoms with Crippen molar-refractivity contribution in [2.75, 3.05) is 4.90 Å². The minimum absolute atomic E-state index is 0.0403. The zero-order valence-corrected chi connectivity index (χ0v) is 12.2. The normalized spacial score (nSPS) is 33.0. The number of benzene rings is 2. The summed E-state index contributed by atoms with van der Waals surface area (Å²) in [7, 11) is 0. The third-order valence-electron chi connectivity index (χ3n) is 5.93. The van der Waals surface area contributed by atoms with Crippen LogP contribution in [0.2, 0.25) is 0 Å². The lowest BCUT2D eigenvalue weighted by molar-refractivity contribution is -0.123. The van der Waals surface area contributed by atoms with Crippen molar-refractivity contribution in [2.24, 2.45) is 23.7 Å². The van der Waals surface area contributed by atoms with Crippen LogP contribution in [-0.2, 0) is 9.59 Å². The molecule has 3 fully saturated rings. The van der Waals surface area contributed by atoms with Gasteiger partial charge in [0.05, 0.1) is 17.5 Å². The van der Waals surface area contributed by atoms with E-state index in [0.717, 1.165) is 35.7 Å². The SMILES string of the molecule is O=C1[C@@H]2[C@H]3CC[C@@H](C3)[C@@H]2C(=O)N1c1cccc2ccccc12. The molecule has 22 heavy (non-hydrogen) atoms. The van der Waals surface area contributed by atoms with Gasteiger partial charge in [0.15, 0.2) is 0 Å². The molecule has 1 saturated heterocycles. The molecule has 2 aromatic rings. The number of fused-ring (bicyclic) bond motifs is 6. The summed E-state index contributed by atoms with van der Waals surface area (Å²) in [6.45, 7) is 0. The first-order valence-electron chi connectivity index (χ1n) is 8.11. The van der Waals surface area contributed by atoms with Gasteiger partial charge >= 0.3 is 0 Å². The first kappa shape index (κ1) is 12.4. The Morgan fingerprint density at radius 3 is 2.18 bits per heavy atom. The number of nitrogens with zero attached hydrogens (tertiary/aromatic N) is 1. The molecule has 0 aromatic heterocycles. The molecule has 3 aliphatic rings. The van der Waals surface area contributed by atoms with Crippen LogP contribution in [0, 0.1) is 23.7 Å². The number of carbonyl (C=O) groups is 2. The maximum atomic E-state index is 12.9. The minimum Gasteiger partial charge on any atom is -0.274 e. The molecule has 2 aromatic carbocycles. The molecule has 3 nitrogen and oxygen atoms in total. The molecular formula is C19H17NO2. The highest BCUT2D eigenvalue weighted by atomic mass is 16.2. The van der Waals surface area contributed by atoms with E-state index in [9.17, 15) is 9.59 Å². The van der Waals surface area contributed by atoms with Crippen molar-refractivity contribution >= 4 is 28.3 Å². The second-order valence-electron chi connectivity index (χ2n) is 6.89. The largest absolute Gasteiger partial charge is 0.274 e. The number of hydrogen-bond donors (Lipinski definition) is 0. The van der Waals surface area contributed by atoms with E-state index in [2.05, 4.69) is 0 Å². The molecule has 110 valence electrons. The van der Waals surface area contributed by atoms with Gasteiger partial charge in [-0.1, -0.05) is 36.4 Å². The Labute approximate surface area is 128 Å². The van der Waals surface area contributed by atoms with Gasteiger partial charge in [0.2, 0.25) is 11.8 Å². The highest BCUT2D eigenvalue weighted by Gasteiger charge is 2.61. The van der Waals surface area contributed by atoms with E-state index in [1.807, 2.05) is 42.5 Å². The van der Waals surface area contributed by atoms with Crippen LogP contribution in [0.25, 0.3) is 10.8 Å². The van der Waals surface area contributed by atoms with Gasteiger partial charge in [0.25, 0.3) is 0 Å². The fraction of sp³-hybridized carbons (Fsp3) is 0.368. The van der Waals surface area contributed by atoms with E-state index in [1.54, 1.807) is 0 Å². The number of amides is 2. The van der Waals surface area contributed by atoms with Gasteiger partial charge in [-0.2, -0.15) is 0 Å². The lowest BCUT2D eigenvalue weighted by Gasteiger charge is -2.19. The van der Waals surface area contributed by atoms with E-state index in [4.69, 9.17) is 0 Å². The van der Waals surface area contributed by atoms with Crippen molar-refractivity contribution in [3.05, 3.63) is 42.5 Å². The maximum Gasteiger partial charge on any atom is 0.237 e. The predicted molar refractivity (Wildman–Crippen MR) is 84.3 cm³/mol. The molecule has 2 amide bonds. The van der Waals surface area contributed by atoms with Crippen molar-refractivity contribution in [3.63, 3.8) is 0 Å². The lowest BCUT2D eigenvalue weighted by atomic mass is 9.81. The molecule has 0 N–H and O–H groups in total. The van der Waals surface area contributed by atoms with Gasteiger partial charge in [-0.25, -0.2) is 4.90 Å². The molecule has 2 bridgehead atoms. The maximum absolute atomic E-state index is 12.9. The zero-order chi connectivity index (χ0) is 14.8. The highest BCUT2D eigenvalue weighted by molar-refractivity contribution is 6.25. The number of hydrogen-bond acceptors (Lipinski definition) is 2. The van der Waals surface area contributed by atoms with Gasteiger partial charge in [-0.15, -0.1) is 0 Å². The van der Waals surface area contributed by atoms with E-state index in [-0.39, 0.29) is 23.7 Å². The van der Waals surface area contributed by atoms with Gasteiger partial charge < -0.3 is 0 Å². The van der Waals surface area contributed by atoms with Crippen molar-refractivity contribution < 1.29 is 9.59 Å². The van der Waals surface area contributed by atoms with Crippen molar-refractivity contribution in [2.45, 2.75) is 19.3 Å². The monoisotopic (exact) mass is 291 g/mol. The first-order valence-corrected chi connectivity index (χ1v) is 8.11. The van der Waals surface area contributed by atoms with Crippen molar-refractivity contribution in [3.8, 4) is 0 Å². The Hall–Kier alpha value is -2.16. The van der Waals surface area contributed by atoms with Crippen LogP contribution in [0.1, 0.15) is 19.3 Å². The smallest absolute Gasteiger partial charge is 0.237 e. The van der Waals surface area contributed by atoms with Crippen LogP contribution in [0.4, 0.5) is 5.69 Å². The van der Waals surface area contributed by atoms with E-state index >= 15 is 0 Å². The van der Waals surface area contributed by atoms with Gasteiger partial charge in [0, 0.05) is 5.39 Å². The molecule has 2 aliphatic carbocycles.